The zero-order valence-corrected chi connectivity index (χ0v) is 12.1. The van der Waals surface area contributed by atoms with Gasteiger partial charge in [-0.05, 0) is 37.3 Å². The van der Waals surface area contributed by atoms with Gasteiger partial charge in [-0.1, -0.05) is 39.3 Å². The van der Waals surface area contributed by atoms with Crippen molar-refractivity contribution in [1.29, 1.82) is 0 Å². The number of nitrogens with zero attached hydrogens (tertiary/aromatic N) is 1. The van der Waals surface area contributed by atoms with Crippen molar-refractivity contribution in [2.45, 2.75) is 52.5 Å². The third-order valence-electron chi connectivity index (χ3n) is 3.69. The van der Waals surface area contributed by atoms with Gasteiger partial charge in [0.25, 0.3) is 0 Å². The van der Waals surface area contributed by atoms with Gasteiger partial charge in [0.1, 0.15) is 0 Å². The number of hydrogen-bond acceptors (Lipinski definition) is 1. The van der Waals surface area contributed by atoms with Gasteiger partial charge in [0.2, 0.25) is 0 Å². The van der Waals surface area contributed by atoms with Crippen LogP contribution in [0.2, 0.25) is 0 Å². The summed E-state index contributed by atoms with van der Waals surface area (Å²) in [6.07, 6.45) is 4.41. The van der Waals surface area contributed by atoms with E-state index in [2.05, 4.69) is 25.8 Å². The SMILES string of the molecule is CCCC(CCC(C)C)n1c(=O)[nH]c2ccccc21. The molecule has 0 radical (unpaired) electrons. The minimum atomic E-state index is 0.0309. The number of imidazole rings is 1. The van der Waals surface area contributed by atoms with E-state index in [-0.39, 0.29) is 5.69 Å². The smallest absolute Gasteiger partial charge is 0.306 e. The fourth-order valence-electron chi connectivity index (χ4n) is 2.70. The molecule has 0 aliphatic rings. The van der Waals surface area contributed by atoms with Gasteiger partial charge >= 0.3 is 5.69 Å². The topological polar surface area (TPSA) is 37.8 Å². The highest BCUT2D eigenvalue weighted by Crippen LogP contribution is 2.24. The predicted octanol–water partition coefficient (Wildman–Crippen LogP) is 4.11. The average molecular weight is 260 g/mol. The molecule has 19 heavy (non-hydrogen) atoms. The summed E-state index contributed by atoms with van der Waals surface area (Å²) >= 11 is 0. The van der Waals surface area contributed by atoms with Crippen molar-refractivity contribution in [2.24, 2.45) is 5.92 Å². The highest BCUT2D eigenvalue weighted by Gasteiger charge is 2.16. The number of fused-ring (bicyclic) bond motifs is 1. The molecule has 1 unspecified atom stereocenters. The number of aromatic amines is 1. The van der Waals surface area contributed by atoms with Crippen molar-refractivity contribution in [3.8, 4) is 0 Å². The van der Waals surface area contributed by atoms with E-state index in [1.807, 2.05) is 28.8 Å². The first kappa shape index (κ1) is 13.9. The number of nitrogens with one attached hydrogen (secondary N) is 1. The van der Waals surface area contributed by atoms with Gasteiger partial charge < -0.3 is 4.98 Å². The summed E-state index contributed by atoms with van der Waals surface area (Å²) in [7, 11) is 0. The minimum Gasteiger partial charge on any atom is -0.306 e. The molecular formula is C16H24N2O. The van der Waals surface area contributed by atoms with Crippen LogP contribution < -0.4 is 5.69 Å². The van der Waals surface area contributed by atoms with E-state index >= 15 is 0 Å². The zero-order valence-electron chi connectivity index (χ0n) is 12.1. The van der Waals surface area contributed by atoms with Gasteiger partial charge in [0.15, 0.2) is 0 Å². The molecule has 0 saturated carbocycles. The lowest BCUT2D eigenvalue weighted by atomic mass is 10.00. The Kier molecular flexibility index (Phi) is 4.46. The molecule has 2 aromatic rings. The predicted molar refractivity (Wildman–Crippen MR) is 80.6 cm³/mol. The highest BCUT2D eigenvalue weighted by molar-refractivity contribution is 5.75. The first-order valence-electron chi connectivity index (χ1n) is 7.32. The van der Waals surface area contributed by atoms with Crippen LogP contribution in [0.3, 0.4) is 0 Å². The lowest BCUT2D eigenvalue weighted by Crippen LogP contribution is -2.22. The maximum atomic E-state index is 12.2. The molecule has 0 aliphatic heterocycles. The van der Waals surface area contributed by atoms with Gasteiger partial charge in [-0.25, -0.2) is 4.79 Å². The molecule has 104 valence electrons. The molecule has 3 nitrogen and oxygen atoms in total. The summed E-state index contributed by atoms with van der Waals surface area (Å²) in [5, 5.41) is 0. The molecular weight excluding hydrogens is 236 g/mol. The first-order chi connectivity index (χ1) is 9.13. The third-order valence-corrected chi connectivity index (χ3v) is 3.69. The minimum absolute atomic E-state index is 0.0309. The number of benzene rings is 1. The Hall–Kier alpha value is -1.51. The second-order valence-electron chi connectivity index (χ2n) is 5.73. The van der Waals surface area contributed by atoms with E-state index < -0.39 is 0 Å². The zero-order chi connectivity index (χ0) is 13.8. The van der Waals surface area contributed by atoms with Crippen LogP contribution in [-0.4, -0.2) is 9.55 Å². The first-order valence-corrected chi connectivity index (χ1v) is 7.32. The fraction of sp³-hybridized carbons (Fsp3) is 0.562. The Morgan fingerprint density at radius 3 is 2.58 bits per heavy atom. The van der Waals surface area contributed by atoms with E-state index in [1.165, 1.54) is 0 Å². The maximum absolute atomic E-state index is 12.2. The Morgan fingerprint density at radius 2 is 1.89 bits per heavy atom. The number of H-pyrrole nitrogens is 1. The second kappa shape index (κ2) is 6.09. The van der Waals surface area contributed by atoms with E-state index in [1.54, 1.807) is 0 Å². The summed E-state index contributed by atoms with van der Waals surface area (Å²) in [4.78, 5) is 15.2. The van der Waals surface area contributed by atoms with Crippen molar-refractivity contribution in [3.63, 3.8) is 0 Å². The quantitative estimate of drug-likeness (QED) is 0.834. The summed E-state index contributed by atoms with van der Waals surface area (Å²) in [5.74, 6) is 0.681. The van der Waals surface area contributed by atoms with Crippen LogP contribution in [0, 0.1) is 5.92 Å². The number of hydrogen-bond donors (Lipinski definition) is 1. The monoisotopic (exact) mass is 260 g/mol. The van der Waals surface area contributed by atoms with Gasteiger partial charge in [-0.15, -0.1) is 0 Å². The summed E-state index contributed by atoms with van der Waals surface area (Å²) < 4.78 is 1.96. The third kappa shape index (κ3) is 3.09. The average Bonchev–Trinajstić information content (AvgIpc) is 2.70. The number of para-hydroxylation sites is 2. The maximum Gasteiger partial charge on any atom is 0.326 e. The summed E-state index contributed by atoms with van der Waals surface area (Å²) in [5.41, 5.74) is 2.01. The van der Waals surface area contributed by atoms with Crippen molar-refractivity contribution in [3.05, 3.63) is 34.7 Å². The van der Waals surface area contributed by atoms with E-state index in [0.717, 1.165) is 36.7 Å². The molecule has 0 amide bonds. The Morgan fingerprint density at radius 1 is 1.16 bits per heavy atom. The fourth-order valence-corrected chi connectivity index (χ4v) is 2.70. The lowest BCUT2D eigenvalue weighted by Gasteiger charge is -2.19. The van der Waals surface area contributed by atoms with Crippen molar-refractivity contribution >= 4 is 11.0 Å². The van der Waals surface area contributed by atoms with E-state index in [4.69, 9.17) is 0 Å². The molecule has 0 saturated heterocycles. The second-order valence-corrected chi connectivity index (χ2v) is 5.73. The molecule has 3 heteroatoms. The lowest BCUT2D eigenvalue weighted by molar-refractivity contribution is 0.389. The van der Waals surface area contributed by atoms with E-state index in [0.29, 0.717) is 12.0 Å². The van der Waals surface area contributed by atoms with Crippen LogP contribution in [0.15, 0.2) is 29.1 Å². The molecule has 0 spiro atoms. The van der Waals surface area contributed by atoms with Crippen LogP contribution in [-0.2, 0) is 0 Å². The molecule has 1 N–H and O–H groups in total. The van der Waals surface area contributed by atoms with Gasteiger partial charge in [0.05, 0.1) is 11.0 Å². The van der Waals surface area contributed by atoms with Gasteiger partial charge in [-0.2, -0.15) is 0 Å². The highest BCUT2D eigenvalue weighted by atomic mass is 16.1. The van der Waals surface area contributed by atoms with Crippen molar-refractivity contribution in [2.75, 3.05) is 0 Å². The summed E-state index contributed by atoms with van der Waals surface area (Å²) in [6, 6.07) is 8.28. The van der Waals surface area contributed by atoms with Crippen molar-refractivity contribution in [1.82, 2.24) is 9.55 Å². The van der Waals surface area contributed by atoms with Crippen LogP contribution in [0.4, 0.5) is 0 Å². The standard InChI is InChI=1S/C16H24N2O/c1-4-7-13(11-10-12(2)3)18-15-9-6-5-8-14(15)17-16(18)19/h5-6,8-9,12-13H,4,7,10-11H2,1-3H3,(H,17,19). The van der Waals surface area contributed by atoms with Crippen LogP contribution >= 0.6 is 0 Å². The largest absolute Gasteiger partial charge is 0.326 e. The van der Waals surface area contributed by atoms with E-state index in [9.17, 15) is 4.79 Å². The van der Waals surface area contributed by atoms with Crippen molar-refractivity contribution < 1.29 is 0 Å². The Labute approximate surface area is 114 Å². The van der Waals surface area contributed by atoms with Gasteiger partial charge in [-0.3, -0.25) is 4.57 Å². The molecule has 0 aliphatic carbocycles. The van der Waals surface area contributed by atoms with Crippen LogP contribution in [0.1, 0.15) is 52.5 Å². The molecule has 1 atom stereocenters. The molecule has 1 heterocycles. The Bertz CT molecular complexity index is 580. The molecule has 0 bridgehead atoms. The number of aromatic nitrogens is 2. The molecule has 1 aromatic carbocycles. The summed E-state index contributed by atoms with van der Waals surface area (Å²) in [6.45, 7) is 6.66. The Balaban J connectivity index is 2.37. The van der Waals surface area contributed by atoms with Crippen LogP contribution in [0.5, 0.6) is 0 Å². The molecule has 1 aromatic heterocycles. The molecule has 0 fully saturated rings. The van der Waals surface area contributed by atoms with Gasteiger partial charge in [0, 0.05) is 6.04 Å². The number of rotatable bonds is 6. The normalized spacial score (nSPS) is 13.3. The van der Waals surface area contributed by atoms with Crippen LogP contribution in [0.25, 0.3) is 11.0 Å². The molecule has 2 rings (SSSR count).